The number of piperidine rings is 1. The molecule has 0 spiro atoms. The van der Waals surface area contributed by atoms with Gasteiger partial charge in [0.15, 0.2) is 0 Å². The molecule has 20 heavy (non-hydrogen) atoms. The number of aromatic nitrogens is 2. The Morgan fingerprint density at radius 2 is 2.15 bits per heavy atom. The highest BCUT2D eigenvalue weighted by Crippen LogP contribution is 2.19. The van der Waals surface area contributed by atoms with Gasteiger partial charge in [0.2, 0.25) is 15.4 Å². The first kappa shape index (κ1) is 15.1. The van der Waals surface area contributed by atoms with Gasteiger partial charge in [-0.25, -0.2) is 0 Å². The average Bonchev–Trinajstić information content (AvgIpc) is 2.86. The van der Waals surface area contributed by atoms with E-state index in [0.717, 1.165) is 11.3 Å². The minimum atomic E-state index is -0.156. The zero-order valence-corrected chi connectivity index (χ0v) is 12.5. The maximum Gasteiger partial charge on any atom is 0.284 e. The van der Waals surface area contributed by atoms with Crippen molar-refractivity contribution in [2.24, 2.45) is 0 Å². The summed E-state index contributed by atoms with van der Waals surface area (Å²) >= 11 is 6.74. The lowest BCUT2D eigenvalue weighted by Crippen LogP contribution is -2.47. The molecule has 1 aliphatic rings. The van der Waals surface area contributed by atoms with E-state index in [1.165, 1.54) is 7.11 Å². The Labute approximate surface area is 125 Å². The van der Waals surface area contributed by atoms with Crippen LogP contribution in [0.5, 0.6) is 0 Å². The number of carbonyl (C=O) groups is 2. The third kappa shape index (κ3) is 3.87. The van der Waals surface area contributed by atoms with E-state index in [-0.39, 0.29) is 28.9 Å². The Hall–Kier alpha value is -1.25. The molecule has 0 saturated carbocycles. The maximum absolute atomic E-state index is 12.1. The second-order valence-electron chi connectivity index (χ2n) is 4.43. The molecule has 1 aromatic heterocycles. The predicted molar refractivity (Wildman–Crippen MR) is 73.9 cm³/mol. The number of hydrogen-bond donors (Lipinski definition) is 1. The molecule has 0 radical (unpaired) electrons. The highest BCUT2D eigenvalue weighted by Gasteiger charge is 2.26. The van der Waals surface area contributed by atoms with Crippen LogP contribution in [0.3, 0.4) is 0 Å². The van der Waals surface area contributed by atoms with Gasteiger partial charge in [-0.05, 0) is 24.4 Å². The molecule has 1 N–H and O–H groups in total. The lowest BCUT2D eigenvalue weighted by Gasteiger charge is -2.31. The van der Waals surface area contributed by atoms with Crippen molar-refractivity contribution in [1.29, 1.82) is 0 Å². The quantitative estimate of drug-likeness (QED) is 0.877. The van der Waals surface area contributed by atoms with Crippen molar-refractivity contribution in [2.45, 2.75) is 18.9 Å². The van der Waals surface area contributed by atoms with E-state index in [4.69, 9.17) is 16.3 Å². The van der Waals surface area contributed by atoms with E-state index >= 15 is 0 Å². The molecule has 110 valence electrons. The first-order chi connectivity index (χ1) is 9.60. The van der Waals surface area contributed by atoms with Crippen molar-refractivity contribution < 1.29 is 14.3 Å². The number of carbonyl (C=O) groups excluding carboxylic acids is 2. The van der Waals surface area contributed by atoms with E-state index < -0.39 is 0 Å². The summed E-state index contributed by atoms with van der Waals surface area (Å²) in [7, 11) is 1.48. The number of amides is 2. The highest BCUT2D eigenvalue weighted by atomic mass is 35.5. The van der Waals surface area contributed by atoms with Crippen LogP contribution >= 0.6 is 22.9 Å². The fourth-order valence-corrected chi connectivity index (χ4v) is 2.85. The van der Waals surface area contributed by atoms with Gasteiger partial charge in [0.05, 0.1) is 0 Å². The molecule has 9 heteroatoms. The fraction of sp³-hybridized carbons (Fsp3) is 0.636. The lowest BCUT2D eigenvalue weighted by atomic mass is 10.1. The Balaban J connectivity index is 1.82. The minimum Gasteiger partial charge on any atom is -0.375 e. The average molecular weight is 319 g/mol. The summed E-state index contributed by atoms with van der Waals surface area (Å²) in [5, 5.41) is 10.5. The zero-order valence-electron chi connectivity index (χ0n) is 11.0. The minimum absolute atomic E-state index is 0.0580. The molecule has 7 nitrogen and oxygen atoms in total. The first-order valence-electron chi connectivity index (χ1n) is 6.16. The van der Waals surface area contributed by atoms with E-state index in [2.05, 4.69) is 15.5 Å². The summed E-state index contributed by atoms with van der Waals surface area (Å²) in [6, 6.07) is 0.0831. The Kier molecular flexibility index (Phi) is 5.27. The van der Waals surface area contributed by atoms with Crippen LogP contribution in [0.1, 0.15) is 22.6 Å². The molecule has 0 aliphatic carbocycles. The molecule has 1 fully saturated rings. The van der Waals surface area contributed by atoms with Gasteiger partial charge in [0, 0.05) is 26.2 Å². The van der Waals surface area contributed by atoms with E-state index in [1.54, 1.807) is 4.90 Å². The van der Waals surface area contributed by atoms with Crippen LogP contribution in [0, 0.1) is 0 Å². The molecule has 1 aliphatic heterocycles. The van der Waals surface area contributed by atoms with Crippen LogP contribution in [-0.4, -0.2) is 59.8 Å². The van der Waals surface area contributed by atoms with Gasteiger partial charge >= 0.3 is 0 Å². The normalized spacial score (nSPS) is 16.2. The zero-order chi connectivity index (χ0) is 14.5. The van der Waals surface area contributed by atoms with E-state index in [1.807, 2.05) is 0 Å². The monoisotopic (exact) mass is 318 g/mol. The van der Waals surface area contributed by atoms with Crippen LogP contribution in [0.2, 0.25) is 4.47 Å². The molecule has 2 heterocycles. The SMILES string of the molecule is COCC(=O)NC1CCN(C(=O)c2nnc(Cl)s2)CC1. The number of likely N-dealkylation sites (tertiary alicyclic amines) is 1. The molecule has 2 rings (SSSR count). The Morgan fingerprint density at radius 1 is 1.45 bits per heavy atom. The van der Waals surface area contributed by atoms with Crippen molar-refractivity contribution in [3.05, 3.63) is 9.47 Å². The smallest absolute Gasteiger partial charge is 0.284 e. The third-order valence-corrected chi connectivity index (χ3v) is 4.01. The van der Waals surface area contributed by atoms with Crippen molar-refractivity contribution in [1.82, 2.24) is 20.4 Å². The van der Waals surface area contributed by atoms with E-state index in [0.29, 0.717) is 30.9 Å². The number of methoxy groups -OCH3 is 1. The summed E-state index contributed by atoms with van der Waals surface area (Å²) in [5.74, 6) is -0.288. The number of halogens is 1. The van der Waals surface area contributed by atoms with Gasteiger partial charge in [-0.15, -0.1) is 10.2 Å². The van der Waals surface area contributed by atoms with E-state index in [9.17, 15) is 9.59 Å². The topological polar surface area (TPSA) is 84.4 Å². The standard InChI is InChI=1S/C11H15ClN4O3S/c1-19-6-8(17)13-7-2-4-16(5-3-7)10(18)9-14-15-11(12)20-9/h7H,2-6H2,1H3,(H,13,17). The summed E-state index contributed by atoms with van der Waals surface area (Å²) in [6.07, 6.45) is 1.43. The summed E-state index contributed by atoms with van der Waals surface area (Å²) in [5.41, 5.74) is 0. The Morgan fingerprint density at radius 3 is 2.70 bits per heavy atom. The number of ether oxygens (including phenoxy) is 1. The molecular weight excluding hydrogens is 304 g/mol. The number of hydrogen-bond acceptors (Lipinski definition) is 6. The van der Waals surface area contributed by atoms with Gasteiger partial charge in [-0.2, -0.15) is 0 Å². The Bertz CT molecular complexity index is 488. The van der Waals surface area contributed by atoms with Gasteiger partial charge < -0.3 is 15.0 Å². The van der Waals surface area contributed by atoms with Crippen LogP contribution in [0.25, 0.3) is 0 Å². The summed E-state index contributed by atoms with van der Waals surface area (Å²) in [6.45, 7) is 1.21. The van der Waals surface area contributed by atoms with Crippen LogP contribution in [0.15, 0.2) is 0 Å². The molecule has 0 aromatic carbocycles. The highest BCUT2D eigenvalue weighted by molar-refractivity contribution is 7.17. The molecule has 0 unspecified atom stereocenters. The number of nitrogens with one attached hydrogen (secondary N) is 1. The summed E-state index contributed by atoms with van der Waals surface area (Å²) in [4.78, 5) is 25.2. The molecule has 2 amide bonds. The first-order valence-corrected chi connectivity index (χ1v) is 7.36. The molecule has 1 saturated heterocycles. The predicted octanol–water partition coefficient (Wildman–Crippen LogP) is 0.559. The van der Waals surface area contributed by atoms with Crippen molar-refractivity contribution >= 4 is 34.8 Å². The second-order valence-corrected chi connectivity index (χ2v) is 5.99. The van der Waals surface area contributed by atoms with Crippen molar-refractivity contribution in [2.75, 3.05) is 26.8 Å². The molecule has 0 bridgehead atoms. The second kappa shape index (κ2) is 6.96. The third-order valence-electron chi connectivity index (χ3n) is 3.01. The van der Waals surface area contributed by atoms with Crippen LogP contribution in [-0.2, 0) is 9.53 Å². The van der Waals surface area contributed by atoms with Crippen LogP contribution < -0.4 is 5.32 Å². The van der Waals surface area contributed by atoms with Crippen molar-refractivity contribution in [3.63, 3.8) is 0 Å². The largest absolute Gasteiger partial charge is 0.375 e. The molecule has 1 aromatic rings. The summed E-state index contributed by atoms with van der Waals surface area (Å²) < 4.78 is 5.02. The number of nitrogens with zero attached hydrogens (tertiary/aromatic N) is 3. The van der Waals surface area contributed by atoms with Gasteiger partial charge in [-0.3, -0.25) is 9.59 Å². The van der Waals surface area contributed by atoms with Gasteiger partial charge in [0.1, 0.15) is 6.61 Å². The van der Waals surface area contributed by atoms with Crippen LogP contribution in [0.4, 0.5) is 0 Å². The number of rotatable bonds is 4. The molecular formula is C11H15ClN4O3S. The molecule has 0 atom stereocenters. The van der Waals surface area contributed by atoms with Crippen molar-refractivity contribution in [3.8, 4) is 0 Å². The lowest BCUT2D eigenvalue weighted by molar-refractivity contribution is -0.125. The van der Waals surface area contributed by atoms with Gasteiger partial charge in [-0.1, -0.05) is 11.3 Å². The maximum atomic E-state index is 12.1. The van der Waals surface area contributed by atoms with Gasteiger partial charge in [0.25, 0.3) is 5.91 Å². The fourth-order valence-electron chi connectivity index (χ4n) is 2.05.